The van der Waals surface area contributed by atoms with E-state index >= 15 is 0 Å². The average molecular weight is 330 g/mol. The quantitative estimate of drug-likeness (QED) is 0.871. The summed E-state index contributed by atoms with van der Waals surface area (Å²) in [5.41, 5.74) is -0.670. The lowest BCUT2D eigenvalue weighted by Gasteiger charge is -2.59. The van der Waals surface area contributed by atoms with Crippen LogP contribution in [0.25, 0.3) is 0 Å². The monoisotopic (exact) mass is 330 g/mol. The number of aryl methyl sites for hydroxylation is 1. The molecule has 6 nitrogen and oxygen atoms in total. The highest BCUT2D eigenvalue weighted by Crippen LogP contribution is 2.58. The maximum Gasteiger partial charge on any atom is 0.225 e. The molecule has 4 bridgehead atoms. The first kappa shape index (κ1) is 14.9. The van der Waals surface area contributed by atoms with Gasteiger partial charge in [-0.25, -0.2) is 9.67 Å². The van der Waals surface area contributed by atoms with Crippen LogP contribution in [-0.2, 0) is 17.8 Å². The first-order valence-corrected chi connectivity index (χ1v) is 9.48. The normalized spacial score (nSPS) is 42.8. The van der Waals surface area contributed by atoms with E-state index in [1.165, 1.54) is 6.42 Å². The highest BCUT2D eigenvalue weighted by atomic mass is 16.3. The minimum absolute atomic E-state index is 0.0559. The summed E-state index contributed by atoms with van der Waals surface area (Å²) in [6.45, 7) is 1.04. The van der Waals surface area contributed by atoms with E-state index in [1.807, 2.05) is 4.68 Å². The second-order valence-corrected chi connectivity index (χ2v) is 8.61. The molecule has 4 fully saturated rings. The van der Waals surface area contributed by atoms with Gasteiger partial charge in [0.2, 0.25) is 5.91 Å². The van der Waals surface area contributed by atoms with Gasteiger partial charge >= 0.3 is 0 Å². The van der Waals surface area contributed by atoms with Crippen LogP contribution in [-0.4, -0.2) is 37.9 Å². The molecule has 4 saturated carbocycles. The zero-order chi connectivity index (χ0) is 16.3. The van der Waals surface area contributed by atoms with Gasteiger partial charge in [0.15, 0.2) is 0 Å². The van der Waals surface area contributed by atoms with Crippen LogP contribution in [0.15, 0.2) is 6.33 Å². The fourth-order valence-electron chi connectivity index (χ4n) is 6.11. The Kier molecular flexibility index (Phi) is 3.27. The van der Waals surface area contributed by atoms with Crippen LogP contribution in [0.3, 0.4) is 0 Å². The highest BCUT2D eigenvalue weighted by molar-refractivity contribution is 5.78. The molecule has 1 atom stereocenters. The summed E-state index contributed by atoms with van der Waals surface area (Å²) in [7, 11) is 0. The largest absolute Gasteiger partial charge is 0.387 e. The molecule has 0 radical (unpaired) electrons. The Hall–Kier alpha value is -1.43. The van der Waals surface area contributed by atoms with E-state index in [1.54, 1.807) is 6.33 Å². The molecule has 1 aromatic rings. The summed E-state index contributed by atoms with van der Waals surface area (Å²) in [5, 5.41) is 18.6. The number of aliphatic hydroxyl groups is 1. The van der Waals surface area contributed by atoms with E-state index in [0.717, 1.165) is 56.2 Å². The maximum atomic E-state index is 12.6. The Balaban J connectivity index is 1.24. The van der Waals surface area contributed by atoms with Gasteiger partial charge in [-0.2, -0.15) is 5.10 Å². The van der Waals surface area contributed by atoms with Gasteiger partial charge in [0.25, 0.3) is 0 Å². The van der Waals surface area contributed by atoms with Gasteiger partial charge < -0.3 is 10.4 Å². The predicted octanol–water partition coefficient (Wildman–Crippen LogP) is 1.14. The molecule has 1 aliphatic heterocycles. The van der Waals surface area contributed by atoms with Crippen molar-refractivity contribution >= 4 is 5.91 Å². The van der Waals surface area contributed by atoms with Crippen molar-refractivity contribution in [1.29, 1.82) is 0 Å². The second-order valence-electron chi connectivity index (χ2n) is 8.61. The molecule has 6 rings (SSSR count). The number of hydrogen-bond acceptors (Lipinski definition) is 4. The number of rotatable bonds is 3. The van der Waals surface area contributed by atoms with Gasteiger partial charge in [-0.3, -0.25) is 4.79 Å². The Bertz CT molecular complexity index is 627. The highest BCUT2D eigenvalue weighted by Gasteiger charge is 2.56. The molecule has 2 heterocycles. The van der Waals surface area contributed by atoms with Gasteiger partial charge in [0, 0.05) is 13.0 Å². The topological polar surface area (TPSA) is 80.0 Å². The zero-order valence-electron chi connectivity index (χ0n) is 14.0. The SMILES string of the molecule is O=C(NCC1(O)C2CC3CC(C2)CC1C3)C1CCc2ncnn2C1. The van der Waals surface area contributed by atoms with E-state index in [2.05, 4.69) is 15.4 Å². The van der Waals surface area contributed by atoms with Crippen molar-refractivity contribution in [3.8, 4) is 0 Å². The van der Waals surface area contributed by atoms with Gasteiger partial charge in [-0.1, -0.05) is 0 Å². The third-order valence-corrected chi connectivity index (χ3v) is 7.27. The van der Waals surface area contributed by atoms with E-state index in [0.29, 0.717) is 24.9 Å². The zero-order valence-corrected chi connectivity index (χ0v) is 14.0. The van der Waals surface area contributed by atoms with Gasteiger partial charge in [0.1, 0.15) is 12.2 Å². The van der Waals surface area contributed by atoms with Gasteiger partial charge in [-0.05, 0) is 62.2 Å². The van der Waals surface area contributed by atoms with Gasteiger partial charge in [-0.15, -0.1) is 0 Å². The molecule has 0 spiro atoms. The number of nitrogens with one attached hydrogen (secondary N) is 1. The Morgan fingerprint density at radius 3 is 2.67 bits per heavy atom. The Morgan fingerprint density at radius 1 is 1.25 bits per heavy atom. The smallest absolute Gasteiger partial charge is 0.225 e. The maximum absolute atomic E-state index is 12.6. The predicted molar refractivity (Wildman–Crippen MR) is 86.8 cm³/mol. The third-order valence-electron chi connectivity index (χ3n) is 7.27. The summed E-state index contributed by atoms with van der Waals surface area (Å²) >= 11 is 0. The molecule has 4 aliphatic carbocycles. The first-order valence-electron chi connectivity index (χ1n) is 9.48. The molecule has 0 aromatic carbocycles. The molecule has 6 heteroatoms. The van der Waals surface area contributed by atoms with E-state index in [-0.39, 0.29) is 11.8 Å². The van der Waals surface area contributed by atoms with Crippen LogP contribution in [0.1, 0.15) is 44.3 Å². The third kappa shape index (κ3) is 2.22. The number of amides is 1. The van der Waals surface area contributed by atoms with Crippen molar-refractivity contribution in [2.24, 2.45) is 29.6 Å². The number of hydrogen-bond donors (Lipinski definition) is 2. The van der Waals surface area contributed by atoms with Crippen LogP contribution in [0.2, 0.25) is 0 Å². The van der Waals surface area contributed by atoms with Crippen molar-refractivity contribution in [3.05, 3.63) is 12.2 Å². The number of carbonyl (C=O) groups excluding carboxylic acids is 1. The first-order chi connectivity index (χ1) is 11.6. The molecule has 130 valence electrons. The molecular formula is C18H26N4O2. The molecule has 1 unspecified atom stereocenters. The van der Waals surface area contributed by atoms with Crippen LogP contribution in [0.5, 0.6) is 0 Å². The van der Waals surface area contributed by atoms with Crippen molar-refractivity contribution in [1.82, 2.24) is 20.1 Å². The minimum Gasteiger partial charge on any atom is -0.387 e. The lowest BCUT2D eigenvalue weighted by atomic mass is 9.50. The second kappa shape index (κ2) is 5.28. The number of aromatic nitrogens is 3. The van der Waals surface area contributed by atoms with Crippen molar-refractivity contribution < 1.29 is 9.90 Å². The lowest BCUT2D eigenvalue weighted by Crippen LogP contribution is -2.62. The fraction of sp³-hybridized carbons (Fsp3) is 0.833. The van der Waals surface area contributed by atoms with Crippen LogP contribution < -0.4 is 5.32 Å². The lowest BCUT2D eigenvalue weighted by molar-refractivity contribution is -0.172. The Labute approximate surface area is 142 Å². The number of fused-ring (bicyclic) bond motifs is 1. The minimum atomic E-state index is -0.670. The summed E-state index contributed by atoms with van der Waals surface area (Å²) in [4.78, 5) is 16.8. The van der Waals surface area contributed by atoms with Crippen molar-refractivity contribution in [2.75, 3.05) is 6.54 Å². The average Bonchev–Trinajstić information content (AvgIpc) is 3.04. The van der Waals surface area contributed by atoms with Gasteiger partial charge in [0.05, 0.1) is 18.1 Å². The fourth-order valence-corrected chi connectivity index (χ4v) is 6.11. The van der Waals surface area contributed by atoms with E-state index in [4.69, 9.17) is 0 Å². The van der Waals surface area contributed by atoms with Crippen LogP contribution >= 0.6 is 0 Å². The molecule has 1 amide bonds. The van der Waals surface area contributed by atoms with Crippen molar-refractivity contribution in [3.63, 3.8) is 0 Å². The number of nitrogens with zero attached hydrogens (tertiary/aromatic N) is 3. The van der Waals surface area contributed by atoms with E-state index < -0.39 is 5.60 Å². The molecular weight excluding hydrogens is 304 g/mol. The standard InChI is InChI=1S/C18H26N4O2/c23-17(13-1-2-16-20-10-21-22(16)8-13)19-9-18(24)14-4-11-3-12(6-14)7-15(18)5-11/h10-15,24H,1-9H2,(H,19,23). The molecule has 2 N–H and O–H groups in total. The van der Waals surface area contributed by atoms with Crippen LogP contribution in [0, 0.1) is 29.6 Å². The molecule has 24 heavy (non-hydrogen) atoms. The molecule has 1 aromatic heterocycles. The molecule has 5 aliphatic rings. The summed E-state index contributed by atoms with van der Waals surface area (Å²) < 4.78 is 1.84. The van der Waals surface area contributed by atoms with E-state index in [9.17, 15) is 9.90 Å². The summed E-state index contributed by atoms with van der Waals surface area (Å²) in [6, 6.07) is 0. The summed E-state index contributed by atoms with van der Waals surface area (Å²) in [5.74, 6) is 3.42. The van der Waals surface area contributed by atoms with Crippen molar-refractivity contribution in [2.45, 2.75) is 57.1 Å². The van der Waals surface area contributed by atoms with Crippen LogP contribution in [0.4, 0.5) is 0 Å². The number of carbonyl (C=O) groups is 1. The molecule has 0 saturated heterocycles. The summed E-state index contributed by atoms with van der Waals surface area (Å²) in [6.07, 6.45) is 9.19. The Morgan fingerprint density at radius 2 is 1.96 bits per heavy atom.